The van der Waals surface area contributed by atoms with Gasteiger partial charge in [0.25, 0.3) is 0 Å². The SMILES string of the molecule is Cc1nnc(CN2CC3CNCC3C2C)n1C. The lowest BCUT2D eigenvalue weighted by atomic mass is 9.95. The minimum Gasteiger partial charge on any atom is -0.317 e. The fourth-order valence-corrected chi connectivity index (χ4v) is 3.23. The van der Waals surface area contributed by atoms with Crippen LogP contribution >= 0.6 is 0 Å². The van der Waals surface area contributed by atoms with Crippen molar-refractivity contribution < 1.29 is 0 Å². The van der Waals surface area contributed by atoms with Gasteiger partial charge < -0.3 is 9.88 Å². The Hall–Kier alpha value is -0.940. The van der Waals surface area contributed by atoms with Crippen molar-refractivity contribution >= 4 is 0 Å². The predicted octanol–water partition coefficient (Wildman–Crippen LogP) is 0.163. The van der Waals surface area contributed by atoms with Gasteiger partial charge in [0.15, 0.2) is 0 Å². The summed E-state index contributed by atoms with van der Waals surface area (Å²) >= 11 is 0. The molecule has 0 aromatic carbocycles. The van der Waals surface area contributed by atoms with Crippen molar-refractivity contribution in [1.82, 2.24) is 25.0 Å². The molecular weight excluding hydrogens is 214 g/mol. The summed E-state index contributed by atoms with van der Waals surface area (Å²) in [5.74, 6) is 3.74. The van der Waals surface area contributed by atoms with E-state index in [-0.39, 0.29) is 0 Å². The number of hydrogen-bond donors (Lipinski definition) is 1. The molecule has 3 rings (SSSR count). The van der Waals surface area contributed by atoms with Crippen molar-refractivity contribution in [3.8, 4) is 0 Å². The van der Waals surface area contributed by atoms with Crippen molar-refractivity contribution in [2.75, 3.05) is 19.6 Å². The Morgan fingerprint density at radius 3 is 2.82 bits per heavy atom. The first-order valence-electron chi connectivity index (χ1n) is 6.46. The molecule has 0 saturated carbocycles. The quantitative estimate of drug-likeness (QED) is 0.793. The Balaban J connectivity index is 1.72. The highest BCUT2D eigenvalue weighted by atomic mass is 15.3. The molecule has 1 N–H and O–H groups in total. The third-order valence-electron chi connectivity index (χ3n) is 4.58. The molecule has 1 aromatic rings. The van der Waals surface area contributed by atoms with Gasteiger partial charge in [0.1, 0.15) is 11.6 Å². The highest BCUT2D eigenvalue weighted by molar-refractivity contribution is 5.00. The van der Waals surface area contributed by atoms with Crippen LogP contribution in [-0.4, -0.2) is 45.3 Å². The molecule has 3 unspecified atom stereocenters. The Labute approximate surface area is 102 Å². The van der Waals surface area contributed by atoms with Crippen LogP contribution in [0.25, 0.3) is 0 Å². The molecule has 5 heteroatoms. The van der Waals surface area contributed by atoms with Crippen LogP contribution in [0.2, 0.25) is 0 Å². The maximum absolute atomic E-state index is 4.26. The maximum Gasteiger partial charge on any atom is 0.146 e. The first-order valence-corrected chi connectivity index (χ1v) is 6.46. The third-order valence-corrected chi connectivity index (χ3v) is 4.58. The number of fused-ring (bicyclic) bond motifs is 1. The number of aromatic nitrogens is 3. The van der Waals surface area contributed by atoms with Gasteiger partial charge in [-0.3, -0.25) is 4.90 Å². The van der Waals surface area contributed by atoms with Crippen molar-refractivity contribution in [3.63, 3.8) is 0 Å². The molecular formula is C12H21N5. The summed E-state index contributed by atoms with van der Waals surface area (Å²) in [5.41, 5.74) is 0. The summed E-state index contributed by atoms with van der Waals surface area (Å²) in [6.45, 7) is 8.85. The fourth-order valence-electron chi connectivity index (χ4n) is 3.23. The van der Waals surface area contributed by atoms with Gasteiger partial charge in [-0.25, -0.2) is 0 Å². The molecule has 0 spiro atoms. The number of nitrogens with one attached hydrogen (secondary N) is 1. The zero-order valence-corrected chi connectivity index (χ0v) is 10.8. The molecule has 0 amide bonds. The zero-order valence-electron chi connectivity index (χ0n) is 10.8. The molecule has 17 heavy (non-hydrogen) atoms. The highest BCUT2D eigenvalue weighted by Crippen LogP contribution is 2.32. The average molecular weight is 235 g/mol. The van der Waals surface area contributed by atoms with Crippen molar-refractivity contribution in [2.24, 2.45) is 18.9 Å². The van der Waals surface area contributed by atoms with E-state index >= 15 is 0 Å². The summed E-state index contributed by atoms with van der Waals surface area (Å²) in [7, 11) is 2.05. The maximum atomic E-state index is 4.26. The van der Waals surface area contributed by atoms with E-state index in [1.807, 2.05) is 14.0 Å². The van der Waals surface area contributed by atoms with Crippen LogP contribution in [0.1, 0.15) is 18.6 Å². The molecule has 94 valence electrons. The van der Waals surface area contributed by atoms with Crippen LogP contribution < -0.4 is 5.32 Å². The van der Waals surface area contributed by atoms with Crippen molar-refractivity contribution in [3.05, 3.63) is 11.6 Å². The second-order valence-corrected chi connectivity index (χ2v) is 5.47. The number of likely N-dealkylation sites (tertiary alicyclic amines) is 1. The number of rotatable bonds is 2. The lowest BCUT2D eigenvalue weighted by molar-refractivity contribution is 0.223. The first kappa shape index (κ1) is 11.2. The Morgan fingerprint density at radius 1 is 1.35 bits per heavy atom. The zero-order chi connectivity index (χ0) is 12.0. The van der Waals surface area contributed by atoms with Gasteiger partial charge >= 0.3 is 0 Å². The molecule has 5 nitrogen and oxygen atoms in total. The molecule has 0 aliphatic carbocycles. The van der Waals surface area contributed by atoms with Crippen molar-refractivity contribution in [2.45, 2.75) is 26.4 Å². The first-order chi connectivity index (χ1) is 8.16. The van der Waals surface area contributed by atoms with E-state index in [0.717, 1.165) is 30.0 Å². The number of hydrogen-bond acceptors (Lipinski definition) is 4. The lowest BCUT2D eigenvalue weighted by Gasteiger charge is -2.23. The van der Waals surface area contributed by atoms with E-state index < -0.39 is 0 Å². The molecule has 2 saturated heterocycles. The fraction of sp³-hybridized carbons (Fsp3) is 0.833. The third kappa shape index (κ3) is 1.77. The summed E-state index contributed by atoms with van der Waals surface area (Å²) < 4.78 is 2.10. The molecule has 3 atom stereocenters. The van der Waals surface area contributed by atoms with E-state index in [1.54, 1.807) is 0 Å². The largest absolute Gasteiger partial charge is 0.317 e. The van der Waals surface area contributed by atoms with Crippen molar-refractivity contribution in [1.29, 1.82) is 0 Å². The van der Waals surface area contributed by atoms with Crippen LogP contribution in [0.4, 0.5) is 0 Å². The van der Waals surface area contributed by atoms with Gasteiger partial charge in [0, 0.05) is 19.6 Å². The van der Waals surface area contributed by atoms with Crippen LogP contribution in [0.3, 0.4) is 0 Å². The smallest absolute Gasteiger partial charge is 0.146 e. The molecule has 0 bridgehead atoms. The normalized spacial score (nSPS) is 33.2. The molecule has 2 aliphatic heterocycles. The van der Waals surface area contributed by atoms with Gasteiger partial charge in [-0.15, -0.1) is 10.2 Å². The average Bonchev–Trinajstić information content (AvgIpc) is 2.95. The second-order valence-electron chi connectivity index (χ2n) is 5.47. The Kier molecular flexibility index (Phi) is 2.67. The molecule has 1 aromatic heterocycles. The summed E-state index contributed by atoms with van der Waals surface area (Å²) in [6, 6.07) is 0.659. The van der Waals surface area contributed by atoms with Gasteiger partial charge in [0.05, 0.1) is 6.54 Å². The number of aryl methyl sites for hydroxylation is 1. The highest BCUT2D eigenvalue weighted by Gasteiger charge is 2.41. The van der Waals surface area contributed by atoms with Gasteiger partial charge in [0.2, 0.25) is 0 Å². The van der Waals surface area contributed by atoms with Crippen LogP contribution in [0.15, 0.2) is 0 Å². The van der Waals surface area contributed by atoms with Gasteiger partial charge in [-0.05, 0) is 38.8 Å². The monoisotopic (exact) mass is 235 g/mol. The number of nitrogens with zero attached hydrogens (tertiary/aromatic N) is 4. The van der Waals surface area contributed by atoms with Gasteiger partial charge in [-0.2, -0.15) is 0 Å². The Bertz CT molecular complexity index is 413. The summed E-state index contributed by atoms with van der Waals surface area (Å²) in [6.07, 6.45) is 0. The van der Waals surface area contributed by atoms with Crippen LogP contribution in [0, 0.1) is 18.8 Å². The predicted molar refractivity (Wildman–Crippen MR) is 65.5 cm³/mol. The van der Waals surface area contributed by atoms with Gasteiger partial charge in [-0.1, -0.05) is 0 Å². The molecule has 3 heterocycles. The van der Waals surface area contributed by atoms with E-state index in [9.17, 15) is 0 Å². The standard InChI is InChI=1S/C12H21N5/c1-8-11-5-13-4-10(11)6-17(8)7-12-15-14-9(2)16(12)3/h8,10-11,13H,4-7H2,1-3H3. The van der Waals surface area contributed by atoms with Crippen LogP contribution in [-0.2, 0) is 13.6 Å². The summed E-state index contributed by atoms with van der Waals surface area (Å²) in [5, 5.41) is 11.9. The van der Waals surface area contributed by atoms with E-state index in [0.29, 0.717) is 6.04 Å². The lowest BCUT2D eigenvalue weighted by Crippen LogP contribution is -2.33. The second kappa shape index (κ2) is 4.07. The topological polar surface area (TPSA) is 46.0 Å². The Morgan fingerprint density at radius 2 is 2.18 bits per heavy atom. The minimum absolute atomic E-state index is 0.659. The molecule has 0 radical (unpaired) electrons. The molecule has 2 aliphatic rings. The van der Waals surface area contributed by atoms with E-state index in [4.69, 9.17) is 0 Å². The summed E-state index contributed by atoms with van der Waals surface area (Å²) in [4.78, 5) is 2.56. The molecule has 2 fully saturated rings. The van der Waals surface area contributed by atoms with E-state index in [2.05, 4.69) is 31.9 Å². The van der Waals surface area contributed by atoms with Crippen LogP contribution in [0.5, 0.6) is 0 Å². The minimum atomic E-state index is 0.659. The van der Waals surface area contributed by atoms with E-state index in [1.165, 1.54) is 19.6 Å².